The van der Waals surface area contributed by atoms with Crippen LogP contribution < -0.4 is 5.73 Å². The summed E-state index contributed by atoms with van der Waals surface area (Å²) >= 11 is 0. The number of aromatic nitrogens is 1. The number of rotatable bonds is 6. The second-order valence-electron chi connectivity index (χ2n) is 5.00. The van der Waals surface area contributed by atoms with Crippen molar-refractivity contribution in [3.63, 3.8) is 0 Å². The molecule has 100 valence electrons. The summed E-state index contributed by atoms with van der Waals surface area (Å²) in [4.78, 5) is 18.0. The van der Waals surface area contributed by atoms with Crippen LogP contribution in [0.3, 0.4) is 0 Å². The van der Waals surface area contributed by atoms with E-state index in [2.05, 4.69) is 18.8 Å². The molecule has 0 aliphatic carbocycles. The number of hydrogen-bond acceptors (Lipinski definition) is 3. The van der Waals surface area contributed by atoms with E-state index in [4.69, 9.17) is 5.73 Å². The Kier molecular flexibility index (Phi) is 5.78. The zero-order valence-electron chi connectivity index (χ0n) is 11.5. The molecule has 0 atom stereocenters. The highest BCUT2D eigenvalue weighted by Gasteiger charge is 2.12. The van der Waals surface area contributed by atoms with Gasteiger partial charge in [0.25, 0.3) is 5.91 Å². The van der Waals surface area contributed by atoms with Gasteiger partial charge in [-0.3, -0.25) is 9.78 Å². The van der Waals surface area contributed by atoms with E-state index in [0.717, 1.165) is 25.1 Å². The highest BCUT2D eigenvalue weighted by atomic mass is 16.2. The lowest BCUT2D eigenvalue weighted by Gasteiger charge is -2.18. The van der Waals surface area contributed by atoms with Crippen molar-refractivity contribution in [2.45, 2.75) is 33.2 Å². The molecule has 0 spiro atoms. The maximum Gasteiger partial charge on any atom is 0.253 e. The van der Waals surface area contributed by atoms with Crippen LogP contribution in [0, 0.1) is 5.92 Å². The Morgan fingerprint density at radius 2 is 2.22 bits per heavy atom. The van der Waals surface area contributed by atoms with Gasteiger partial charge in [-0.05, 0) is 30.9 Å². The molecule has 4 nitrogen and oxygen atoms in total. The average molecular weight is 249 g/mol. The Balaban J connectivity index is 2.56. The van der Waals surface area contributed by atoms with Gasteiger partial charge in [-0.1, -0.05) is 13.8 Å². The largest absolute Gasteiger partial charge is 0.342 e. The molecule has 1 rings (SSSR count). The monoisotopic (exact) mass is 249 g/mol. The van der Waals surface area contributed by atoms with Gasteiger partial charge in [-0.15, -0.1) is 0 Å². The van der Waals surface area contributed by atoms with Gasteiger partial charge in [-0.25, -0.2) is 0 Å². The van der Waals surface area contributed by atoms with Gasteiger partial charge in [0.1, 0.15) is 0 Å². The molecule has 0 bridgehead atoms. The molecule has 4 heteroatoms. The van der Waals surface area contributed by atoms with Gasteiger partial charge in [0.15, 0.2) is 0 Å². The van der Waals surface area contributed by atoms with Crippen molar-refractivity contribution in [3.05, 3.63) is 29.6 Å². The minimum Gasteiger partial charge on any atom is -0.342 e. The standard InChI is InChI=1S/C14H23N3O/c1-11(2)5-4-8-17(3)14(18)12-6-7-16-13(9-12)10-15/h6-7,9,11H,4-5,8,10,15H2,1-3H3. The van der Waals surface area contributed by atoms with E-state index >= 15 is 0 Å². The summed E-state index contributed by atoms with van der Waals surface area (Å²) in [7, 11) is 1.84. The minimum absolute atomic E-state index is 0.0378. The third-order valence-corrected chi connectivity index (χ3v) is 2.89. The Hall–Kier alpha value is -1.42. The van der Waals surface area contributed by atoms with E-state index in [0.29, 0.717) is 18.0 Å². The molecule has 0 saturated heterocycles. The summed E-state index contributed by atoms with van der Waals surface area (Å²) in [5, 5.41) is 0. The van der Waals surface area contributed by atoms with Gasteiger partial charge in [0.2, 0.25) is 0 Å². The lowest BCUT2D eigenvalue weighted by atomic mass is 10.1. The summed E-state index contributed by atoms with van der Waals surface area (Å²) in [5.41, 5.74) is 6.93. The third-order valence-electron chi connectivity index (χ3n) is 2.89. The number of nitrogens with two attached hydrogens (primary N) is 1. The van der Waals surface area contributed by atoms with Crippen LogP contribution in [-0.2, 0) is 6.54 Å². The highest BCUT2D eigenvalue weighted by molar-refractivity contribution is 5.94. The Morgan fingerprint density at radius 1 is 1.50 bits per heavy atom. The Labute approximate surface area is 109 Å². The molecule has 0 saturated carbocycles. The maximum atomic E-state index is 12.1. The first kappa shape index (κ1) is 14.6. The second-order valence-corrected chi connectivity index (χ2v) is 5.00. The van der Waals surface area contributed by atoms with E-state index < -0.39 is 0 Å². The van der Waals surface area contributed by atoms with Crippen molar-refractivity contribution < 1.29 is 4.79 Å². The molecule has 2 N–H and O–H groups in total. The van der Waals surface area contributed by atoms with E-state index in [9.17, 15) is 4.79 Å². The van der Waals surface area contributed by atoms with Gasteiger partial charge in [0.05, 0.1) is 5.69 Å². The molecule has 0 aliphatic heterocycles. The van der Waals surface area contributed by atoms with Crippen LogP contribution in [0.5, 0.6) is 0 Å². The fourth-order valence-electron chi connectivity index (χ4n) is 1.78. The van der Waals surface area contributed by atoms with Gasteiger partial charge in [-0.2, -0.15) is 0 Å². The van der Waals surface area contributed by atoms with Crippen molar-refractivity contribution in [3.8, 4) is 0 Å². The molecular formula is C14H23N3O. The SMILES string of the molecule is CC(C)CCCN(C)C(=O)c1ccnc(CN)c1. The van der Waals surface area contributed by atoms with Crippen LogP contribution in [-0.4, -0.2) is 29.4 Å². The van der Waals surface area contributed by atoms with Gasteiger partial charge >= 0.3 is 0 Å². The normalized spacial score (nSPS) is 10.7. The molecule has 1 aromatic rings. The van der Waals surface area contributed by atoms with Crippen molar-refractivity contribution in [2.75, 3.05) is 13.6 Å². The zero-order valence-corrected chi connectivity index (χ0v) is 11.5. The van der Waals surface area contributed by atoms with Crippen LogP contribution >= 0.6 is 0 Å². The van der Waals surface area contributed by atoms with Crippen LogP contribution in [0.25, 0.3) is 0 Å². The number of hydrogen-bond donors (Lipinski definition) is 1. The Bertz CT molecular complexity index is 390. The molecule has 0 aliphatic rings. The molecule has 1 amide bonds. The van der Waals surface area contributed by atoms with E-state index in [-0.39, 0.29) is 5.91 Å². The van der Waals surface area contributed by atoms with Crippen molar-refractivity contribution in [1.82, 2.24) is 9.88 Å². The second kappa shape index (κ2) is 7.11. The van der Waals surface area contributed by atoms with Crippen molar-refractivity contribution in [1.29, 1.82) is 0 Å². The molecule has 0 aromatic carbocycles. The van der Waals surface area contributed by atoms with Crippen LogP contribution in [0.2, 0.25) is 0 Å². The molecule has 0 unspecified atom stereocenters. The fraction of sp³-hybridized carbons (Fsp3) is 0.571. The van der Waals surface area contributed by atoms with E-state index in [1.165, 1.54) is 0 Å². The summed E-state index contributed by atoms with van der Waals surface area (Å²) in [6, 6.07) is 3.50. The van der Waals surface area contributed by atoms with Crippen molar-refractivity contribution >= 4 is 5.91 Å². The molecule has 0 radical (unpaired) electrons. The van der Waals surface area contributed by atoms with Gasteiger partial charge in [0, 0.05) is 31.9 Å². The first-order valence-corrected chi connectivity index (χ1v) is 6.45. The molecule has 0 fully saturated rings. The summed E-state index contributed by atoms with van der Waals surface area (Å²) in [6.07, 6.45) is 3.81. The molecule has 1 heterocycles. The van der Waals surface area contributed by atoms with Crippen LogP contribution in [0.4, 0.5) is 0 Å². The summed E-state index contributed by atoms with van der Waals surface area (Å²) in [6.45, 7) is 5.53. The molecular weight excluding hydrogens is 226 g/mol. The summed E-state index contributed by atoms with van der Waals surface area (Å²) in [5.74, 6) is 0.717. The number of carbonyl (C=O) groups excluding carboxylic acids is 1. The number of nitrogens with zero attached hydrogens (tertiary/aromatic N) is 2. The number of amides is 1. The van der Waals surface area contributed by atoms with E-state index in [1.54, 1.807) is 23.2 Å². The lowest BCUT2D eigenvalue weighted by Crippen LogP contribution is -2.28. The van der Waals surface area contributed by atoms with E-state index in [1.807, 2.05) is 7.05 Å². The highest BCUT2D eigenvalue weighted by Crippen LogP contribution is 2.08. The zero-order chi connectivity index (χ0) is 13.5. The fourth-order valence-corrected chi connectivity index (χ4v) is 1.78. The van der Waals surface area contributed by atoms with Crippen LogP contribution in [0.1, 0.15) is 42.7 Å². The third kappa shape index (κ3) is 4.45. The first-order chi connectivity index (χ1) is 8.54. The van der Waals surface area contributed by atoms with Crippen LogP contribution in [0.15, 0.2) is 18.3 Å². The lowest BCUT2D eigenvalue weighted by molar-refractivity contribution is 0.0791. The quantitative estimate of drug-likeness (QED) is 0.839. The maximum absolute atomic E-state index is 12.1. The smallest absolute Gasteiger partial charge is 0.253 e. The number of pyridine rings is 1. The van der Waals surface area contributed by atoms with Gasteiger partial charge < -0.3 is 10.6 Å². The first-order valence-electron chi connectivity index (χ1n) is 6.45. The number of carbonyl (C=O) groups is 1. The van der Waals surface area contributed by atoms with Crippen molar-refractivity contribution in [2.24, 2.45) is 11.7 Å². The Morgan fingerprint density at radius 3 is 2.83 bits per heavy atom. The predicted octanol–water partition coefficient (Wildman–Crippen LogP) is 2.05. The summed E-state index contributed by atoms with van der Waals surface area (Å²) < 4.78 is 0. The minimum atomic E-state index is 0.0378. The molecule has 18 heavy (non-hydrogen) atoms. The average Bonchev–Trinajstić information content (AvgIpc) is 2.37. The molecule has 1 aromatic heterocycles. The predicted molar refractivity (Wildman–Crippen MR) is 73.2 cm³/mol. The topological polar surface area (TPSA) is 59.2 Å².